The first-order valence-corrected chi connectivity index (χ1v) is 8.88. The van der Waals surface area contributed by atoms with Crippen molar-refractivity contribution in [3.63, 3.8) is 0 Å². The molecular weight excluding hydrogens is 280 g/mol. The van der Waals surface area contributed by atoms with Crippen LogP contribution in [0.5, 0.6) is 0 Å². The third kappa shape index (κ3) is 4.96. The fraction of sp³-hybridized carbons (Fsp3) is 0.591. The van der Waals surface area contributed by atoms with Gasteiger partial charge in [-0.15, -0.1) is 0 Å². The van der Waals surface area contributed by atoms with Crippen LogP contribution in [0.15, 0.2) is 18.2 Å². The SMILES string of the molecule is CC(=O)C1CCCC(CC#Cc2ccc(C)cc2C(C)(C)C)C1. The molecule has 1 heteroatoms. The highest BCUT2D eigenvalue weighted by Gasteiger charge is 2.24. The van der Waals surface area contributed by atoms with Crippen molar-refractivity contribution in [1.29, 1.82) is 0 Å². The van der Waals surface area contributed by atoms with Gasteiger partial charge in [-0.3, -0.25) is 4.79 Å². The molecule has 0 spiro atoms. The van der Waals surface area contributed by atoms with E-state index in [1.165, 1.54) is 24.0 Å². The molecule has 0 amide bonds. The Morgan fingerprint density at radius 1 is 1.26 bits per heavy atom. The number of ketones is 1. The van der Waals surface area contributed by atoms with Crippen molar-refractivity contribution >= 4 is 5.78 Å². The molecule has 0 heterocycles. The van der Waals surface area contributed by atoms with Crippen molar-refractivity contribution < 1.29 is 4.79 Å². The summed E-state index contributed by atoms with van der Waals surface area (Å²) in [6.07, 6.45) is 5.42. The van der Waals surface area contributed by atoms with E-state index in [4.69, 9.17) is 0 Å². The summed E-state index contributed by atoms with van der Waals surface area (Å²) in [4.78, 5) is 11.6. The predicted octanol–water partition coefficient (Wildman–Crippen LogP) is 5.43. The number of benzene rings is 1. The molecule has 2 unspecified atom stereocenters. The van der Waals surface area contributed by atoms with Gasteiger partial charge in [-0.05, 0) is 56.1 Å². The van der Waals surface area contributed by atoms with Gasteiger partial charge in [0.1, 0.15) is 5.78 Å². The monoisotopic (exact) mass is 310 g/mol. The smallest absolute Gasteiger partial charge is 0.132 e. The van der Waals surface area contributed by atoms with Crippen molar-refractivity contribution in [2.24, 2.45) is 11.8 Å². The first kappa shape index (κ1) is 17.8. The van der Waals surface area contributed by atoms with Crippen LogP contribution in [0.25, 0.3) is 0 Å². The second-order valence-corrected chi connectivity index (χ2v) is 8.15. The molecule has 23 heavy (non-hydrogen) atoms. The molecule has 1 aromatic rings. The molecule has 0 N–H and O–H groups in total. The summed E-state index contributed by atoms with van der Waals surface area (Å²) in [7, 11) is 0. The van der Waals surface area contributed by atoms with Crippen molar-refractivity contribution in [2.45, 2.75) is 72.1 Å². The Morgan fingerprint density at radius 2 is 2.00 bits per heavy atom. The molecule has 0 aliphatic heterocycles. The third-order valence-electron chi connectivity index (χ3n) is 4.95. The first-order valence-electron chi connectivity index (χ1n) is 8.88. The van der Waals surface area contributed by atoms with Crippen LogP contribution in [-0.2, 0) is 10.2 Å². The highest BCUT2D eigenvalue weighted by Crippen LogP contribution is 2.31. The molecule has 1 aliphatic carbocycles. The summed E-state index contributed by atoms with van der Waals surface area (Å²) in [6, 6.07) is 6.56. The standard InChI is InChI=1S/C22H30O/c1-16-12-13-19(21(14-16)22(3,4)5)10-6-8-18-9-7-11-20(15-18)17(2)23/h12-14,18,20H,7-9,11,15H2,1-5H3. The molecule has 1 aromatic carbocycles. The lowest BCUT2D eigenvalue weighted by atomic mass is 9.78. The van der Waals surface area contributed by atoms with Crippen molar-refractivity contribution in [3.05, 3.63) is 34.9 Å². The number of rotatable bonds is 2. The molecule has 0 bridgehead atoms. The molecule has 0 radical (unpaired) electrons. The minimum absolute atomic E-state index is 0.112. The summed E-state index contributed by atoms with van der Waals surface area (Å²) in [5.41, 5.74) is 3.88. The summed E-state index contributed by atoms with van der Waals surface area (Å²) in [6.45, 7) is 10.6. The second kappa shape index (κ2) is 7.35. The van der Waals surface area contributed by atoms with Crippen LogP contribution in [0.3, 0.4) is 0 Å². The van der Waals surface area contributed by atoms with Crippen LogP contribution < -0.4 is 0 Å². The van der Waals surface area contributed by atoms with E-state index in [1.54, 1.807) is 6.92 Å². The highest BCUT2D eigenvalue weighted by atomic mass is 16.1. The number of carbonyl (C=O) groups is 1. The lowest BCUT2D eigenvalue weighted by molar-refractivity contribution is -0.122. The lowest BCUT2D eigenvalue weighted by Gasteiger charge is -2.26. The molecule has 1 nitrogen and oxygen atoms in total. The van der Waals surface area contributed by atoms with E-state index < -0.39 is 0 Å². The van der Waals surface area contributed by atoms with Crippen LogP contribution in [-0.4, -0.2) is 5.78 Å². The normalized spacial score (nSPS) is 21.4. The van der Waals surface area contributed by atoms with Crippen LogP contribution in [0.4, 0.5) is 0 Å². The van der Waals surface area contributed by atoms with Crippen LogP contribution in [0.2, 0.25) is 0 Å². The Bertz CT molecular complexity index is 622. The molecule has 1 saturated carbocycles. The van der Waals surface area contributed by atoms with Gasteiger partial charge in [0.15, 0.2) is 0 Å². The zero-order valence-electron chi connectivity index (χ0n) is 15.3. The summed E-state index contributed by atoms with van der Waals surface area (Å²) >= 11 is 0. The number of hydrogen-bond donors (Lipinski definition) is 0. The number of aryl methyl sites for hydroxylation is 1. The number of carbonyl (C=O) groups excluding carboxylic acids is 1. The van der Waals surface area contributed by atoms with Gasteiger partial charge in [-0.1, -0.05) is 56.7 Å². The average Bonchev–Trinajstić information content (AvgIpc) is 2.48. The summed E-state index contributed by atoms with van der Waals surface area (Å²) in [5, 5.41) is 0. The fourth-order valence-electron chi connectivity index (χ4n) is 3.52. The Morgan fingerprint density at radius 3 is 2.65 bits per heavy atom. The maximum Gasteiger partial charge on any atom is 0.132 e. The first-order chi connectivity index (χ1) is 10.8. The number of Topliss-reactive ketones (excluding diaryl/α,β-unsaturated/α-hetero) is 1. The van der Waals surface area contributed by atoms with E-state index >= 15 is 0 Å². The second-order valence-electron chi connectivity index (χ2n) is 8.15. The van der Waals surface area contributed by atoms with Crippen molar-refractivity contribution in [2.75, 3.05) is 0 Å². The third-order valence-corrected chi connectivity index (χ3v) is 4.95. The molecule has 2 rings (SSSR count). The molecule has 1 fully saturated rings. The van der Waals surface area contributed by atoms with E-state index in [2.05, 4.69) is 57.7 Å². The Balaban J connectivity index is 2.09. The predicted molar refractivity (Wildman–Crippen MR) is 97.5 cm³/mol. The highest BCUT2D eigenvalue weighted by molar-refractivity contribution is 5.78. The largest absolute Gasteiger partial charge is 0.300 e. The number of hydrogen-bond acceptors (Lipinski definition) is 1. The maximum absolute atomic E-state index is 11.6. The van der Waals surface area contributed by atoms with Crippen LogP contribution in [0, 0.1) is 30.6 Å². The maximum atomic E-state index is 11.6. The van der Waals surface area contributed by atoms with E-state index in [1.807, 2.05) is 0 Å². The molecular formula is C22H30O. The zero-order valence-corrected chi connectivity index (χ0v) is 15.3. The quantitative estimate of drug-likeness (QED) is 0.666. The zero-order chi connectivity index (χ0) is 17.0. The Labute approximate surface area is 141 Å². The topological polar surface area (TPSA) is 17.1 Å². The van der Waals surface area contributed by atoms with E-state index in [0.29, 0.717) is 11.7 Å². The van der Waals surface area contributed by atoms with Crippen LogP contribution >= 0.6 is 0 Å². The molecule has 0 saturated heterocycles. The van der Waals surface area contributed by atoms with Gasteiger partial charge in [-0.25, -0.2) is 0 Å². The Hall–Kier alpha value is -1.55. The van der Waals surface area contributed by atoms with Gasteiger partial charge in [0, 0.05) is 17.9 Å². The van der Waals surface area contributed by atoms with Gasteiger partial charge in [0.2, 0.25) is 0 Å². The molecule has 2 atom stereocenters. The molecule has 124 valence electrons. The van der Waals surface area contributed by atoms with E-state index in [9.17, 15) is 4.79 Å². The van der Waals surface area contributed by atoms with Gasteiger partial charge in [0.25, 0.3) is 0 Å². The minimum atomic E-state index is 0.112. The average molecular weight is 310 g/mol. The van der Waals surface area contributed by atoms with Gasteiger partial charge >= 0.3 is 0 Å². The van der Waals surface area contributed by atoms with Crippen molar-refractivity contribution in [3.8, 4) is 11.8 Å². The summed E-state index contributed by atoms with van der Waals surface area (Å²) < 4.78 is 0. The van der Waals surface area contributed by atoms with Crippen LogP contribution in [0.1, 0.15) is 76.5 Å². The van der Waals surface area contributed by atoms with Crippen molar-refractivity contribution in [1.82, 2.24) is 0 Å². The van der Waals surface area contributed by atoms with Gasteiger partial charge < -0.3 is 0 Å². The Kier molecular flexibility index (Phi) is 5.69. The lowest BCUT2D eigenvalue weighted by Crippen LogP contribution is -2.20. The van der Waals surface area contributed by atoms with E-state index in [-0.39, 0.29) is 11.3 Å². The van der Waals surface area contributed by atoms with Gasteiger partial charge in [-0.2, -0.15) is 0 Å². The fourth-order valence-corrected chi connectivity index (χ4v) is 3.52. The minimum Gasteiger partial charge on any atom is -0.300 e. The molecule has 1 aliphatic rings. The van der Waals surface area contributed by atoms with E-state index in [0.717, 1.165) is 24.8 Å². The van der Waals surface area contributed by atoms with Gasteiger partial charge in [0.05, 0.1) is 0 Å². The summed E-state index contributed by atoms with van der Waals surface area (Å²) in [5.74, 6) is 8.03. The molecule has 0 aromatic heterocycles.